The van der Waals surface area contributed by atoms with E-state index in [1.807, 2.05) is 0 Å². The van der Waals surface area contributed by atoms with Crippen LogP contribution in [0.25, 0.3) is 0 Å². The fraction of sp³-hybridized carbons (Fsp3) is 0.667. The predicted molar refractivity (Wildman–Crippen MR) is 103 cm³/mol. The number of halogens is 3. The molecule has 1 aromatic rings. The minimum Gasteiger partial charge on any atom is -0.379 e. The highest BCUT2D eigenvalue weighted by Crippen LogP contribution is 2.34. The van der Waals surface area contributed by atoms with Crippen molar-refractivity contribution in [2.75, 3.05) is 39.5 Å². The monoisotopic (exact) mass is 414 g/mol. The van der Waals surface area contributed by atoms with Crippen molar-refractivity contribution < 1.29 is 27.4 Å². The summed E-state index contributed by atoms with van der Waals surface area (Å²) in [7, 11) is 0. The van der Waals surface area contributed by atoms with Gasteiger partial charge in [0.25, 0.3) is 5.91 Å². The van der Waals surface area contributed by atoms with Crippen LogP contribution in [-0.4, -0.2) is 62.0 Å². The Morgan fingerprint density at radius 3 is 2.38 bits per heavy atom. The molecule has 0 unspecified atom stereocenters. The number of hydrogen-bond acceptors (Lipinski definition) is 4. The molecule has 5 nitrogen and oxygen atoms in total. The van der Waals surface area contributed by atoms with E-state index in [0.717, 1.165) is 39.1 Å². The largest absolute Gasteiger partial charge is 0.411 e. The normalized spacial score (nSPS) is 20.4. The van der Waals surface area contributed by atoms with E-state index in [1.54, 1.807) is 24.3 Å². The van der Waals surface area contributed by atoms with Crippen LogP contribution in [0.4, 0.5) is 13.2 Å². The molecular weight excluding hydrogens is 385 g/mol. The van der Waals surface area contributed by atoms with Gasteiger partial charge in [-0.05, 0) is 30.5 Å². The van der Waals surface area contributed by atoms with Crippen molar-refractivity contribution >= 4 is 5.91 Å². The van der Waals surface area contributed by atoms with Gasteiger partial charge in [0.1, 0.15) is 6.61 Å². The standard InChI is InChI=1S/C21H29F3N2O3/c22-21(23,24)16-29-14-17-4-6-18(7-5-17)19(27)25-15-20(8-2-1-3-9-20)26-10-12-28-13-11-26/h4-7H,1-3,8-16H2,(H,25,27). The predicted octanol–water partition coefficient (Wildman–Crippen LogP) is 3.53. The van der Waals surface area contributed by atoms with E-state index in [-0.39, 0.29) is 18.1 Å². The number of nitrogens with one attached hydrogen (secondary N) is 1. The van der Waals surface area contributed by atoms with Crippen molar-refractivity contribution in [3.05, 3.63) is 35.4 Å². The zero-order valence-corrected chi connectivity index (χ0v) is 16.6. The lowest BCUT2D eigenvalue weighted by atomic mass is 9.79. The number of amides is 1. The van der Waals surface area contributed by atoms with E-state index in [4.69, 9.17) is 4.74 Å². The molecule has 8 heteroatoms. The third-order valence-electron chi connectivity index (χ3n) is 5.79. The Labute approximate surface area is 169 Å². The summed E-state index contributed by atoms with van der Waals surface area (Å²) >= 11 is 0. The molecule has 0 bridgehead atoms. The minimum atomic E-state index is -4.34. The van der Waals surface area contributed by atoms with Crippen LogP contribution in [0.1, 0.15) is 48.0 Å². The van der Waals surface area contributed by atoms with Crippen LogP contribution < -0.4 is 5.32 Å². The Hall–Kier alpha value is -1.64. The van der Waals surface area contributed by atoms with E-state index in [1.165, 1.54) is 19.3 Å². The Bertz CT molecular complexity index is 652. The maximum atomic E-state index is 12.6. The lowest BCUT2D eigenvalue weighted by Gasteiger charge is -2.48. The molecule has 0 aromatic heterocycles. The summed E-state index contributed by atoms with van der Waals surface area (Å²) < 4.78 is 46.6. The highest BCUT2D eigenvalue weighted by atomic mass is 19.4. The number of morpholine rings is 1. The van der Waals surface area contributed by atoms with Gasteiger partial charge in [0.2, 0.25) is 0 Å². The van der Waals surface area contributed by atoms with Crippen LogP contribution >= 0.6 is 0 Å². The molecule has 162 valence electrons. The Morgan fingerprint density at radius 1 is 1.10 bits per heavy atom. The Balaban J connectivity index is 1.54. The van der Waals surface area contributed by atoms with Crippen molar-refractivity contribution in [1.29, 1.82) is 0 Å². The molecule has 1 aromatic carbocycles. The van der Waals surface area contributed by atoms with Gasteiger partial charge in [-0.25, -0.2) is 0 Å². The maximum absolute atomic E-state index is 12.6. The first-order chi connectivity index (χ1) is 13.9. The van der Waals surface area contributed by atoms with Crippen LogP contribution in [0.5, 0.6) is 0 Å². The molecule has 0 atom stereocenters. The lowest BCUT2D eigenvalue weighted by Crippen LogP contribution is -2.59. The SMILES string of the molecule is O=C(NCC1(N2CCOCC2)CCCCC1)c1ccc(COCC(F)(F)F)cc1. The third-order valence-corrected chi connectivity index (χ3v) is 5.79. The molecule has 1 aliphatic heterocycles. The van der Waals surface area contributed by atoms with E-state index in [2.05, 4.69) is 15.0 Å². The summed E-state index contributed by atoms with van der Waals surface area (Å²) in [6.07, 6.45) is 1.37. The van der Waals surface area contributed by atoms with Gasteiger partial charge in [-0.1, -0.05) is 31.4 Å². The quantitative estimate of drug-likeness (QED) is 0.742. The number of carbonyl (C=O) groups is 1. The van der Waals surface area contributed by atoms with Crippen molar-refractivity contribution in [2.24, 2.45) is 0 Å². The van der Waals surface area contributed by atoms with Crippen molar-refractivity contribution in [1.82, 2.24) is 10.2 Å². The van der Waals surface area contributed by atoms with Crippen LogP contribution in [-0.2, 0) is 16.1 Å². The molecule has 1 saturated heterocycles. The van der Waals surface area contributed by atoms with Gasteiger partial charge in [0.15, 0.2) is 0 Å². The van der Waals surface area contributed by atoms with Gasteiger partial charge in [0.05, 0.1) is 19.8 Å². The summed E-state index contributed by atoms with van der Waals surface area (Å²) in [5.41, 5.74) is 1.09. The molecule has 1 saturated carbocycles. The zero-order valence-electron chi connectivity index (χ0n) is 16.6. The van der Waals surface area contributed by atoms with Crippen molar-refractivity contribution in [2.45, 2.75) is 50.4 Å². The first-order valence-corrected chi connectivity index (χ1v) is 10.2. The molecular formula is C21H29F3N2O3. The fourth-order valence-electron chi connectivity index (χ4n) is 4.24. The van der Waals surface area contributed by atoms with Crippen LogP contribution in [0.15, 0.2) is 24.3 Å². The molecule has 0 spiro atoms. The fourth-order valence-corrected chi connectivity index (χ4v) is 4.24. The second-order valence-electron chi connectivity index (χ2n) is 7.87. The average Bonchev–Trinajstić information content (AvgIpc) is 2.73. The van der Waals surface area contributed by atoms with E-state index in [0.29, 0.717) is 17.7 Å². The zero-order chi connectivity index (χ0) is 20.7. The molecule has 2 aliphatic rings. The summed E-state index contributed by atoms with van der Waals surface area (Å²) in [4.78, 5) is 15.1. The summed E-state index contributed by atoms with van der Waals surface area (Å²) in [6, 6.07) is 6.51. The minimum absolute atomic E-state index is 0.0108. The number of ether oxygens (including phenoxy) is 2. The molecule has 1 heterocycles. The molecule has 1 N–H and O–H groups in total. The van der Waals surface area contributed by atoms with Crippen molar-refractivity contribution in [3.63, 3.8) is 0 Å². The summed E-state index contributed by atoms with van der Waals surface area (Å²) in [6.45, 7) is 2.43. The van der Waals surface area contributed by atoms with Gasteiger partial charge < -0.3 is 14.8 Å². The second-order valence-corrected chi connectivity index (χ2v) is 7.87. The Morgan fingerprint density at radius 2 is 1.76 bits per heavy atom. The van der Waals surface area contributed by atoms with E-state index < -0.39 is 12.8 Å². The third kappa shape index (κ3) is 6.42. The van der Waals surface area contributed by atoms with E-state index >= 15 is 0 Å². The van der Waals surface area contributed by atoms with Crippen LogP contribution in [0, 0.1) is 0 Å². The number of alkyl halides is 3. The van der Waals surface area contributed by atoms with Crippen LogP contribution in [0.3, 0.4) is 0 Å². The highest BCUT2D eigenvalue weighted by molar-refractivity contribution is 5.94. The number of benzene rings is 1. The first kappa shape index (κ1) is 22.1. The van der Waals surface area contributed by atoms with Crippen molar-refractivity contribution in [3.8, 4) is 0 Å². The molecule has 0 radical (unpaired) electrons. The highest BCUT2D eigenvalue weighted by Gasteiger charge is 2.38. The molecule has 1 amide bonds. The number of carbonyl (C=O) groups excluding carboxylic acids is 1. The smallest absolute Gasteiger partial charge is 0.379 e. The topological polar surface area (TPSA) is 50.8 Å². The molecule has 2 fully saturated rings. The summed E-state index contributed by atoms with van der Waals surface area (Å²) in [5, 5.41) is 3.09. The Kier molecular flexibility index (Phi) is 7.54. The number of rotatable bonds is 7. The molecule has 3 rings (SSSR count). The van der Waals surface area contributed by atoms with Crippen LogP contribution in [0.2, 0.25) is 0 Å². The maximum Gasteiger partial charge on any atom is 0.411 e. The van der Waals surface area contributed by atoms with E-state index in [9.17, 15) is 18.0 Å². The lowest BCUT2D eigenvalue weighted by molar-refractivity contribution is -0.176. The number of nitrogens with zero attached hydrogens (tertiary/aromatic N) is 1. The molecule has 1 aliphatic carbocycles. The first-order valence-electron chi connectivity index (χ1n) is 10.2. The molecule has 29 heavy (non-hydrogen) atoms. The summed E-state index contributed by atoms with van der Waals surface area (Å²) in [5.74, 6) is -0.161. The van der Waals surface area contributed by atoms with Gasteiger partial charge in [-0.3, -0.25) is 9.69 Å². The average molecular weight is 414 g/mol. The number of hydrogen-bond donors (Lipinski definition) is 1. The van der Waals surface area contributed by atoms with Gasteiger partial charge >= 0.3 is 6.18 Å². The van der Waals surface area contributed by atoms with Gasteiger partial charge in [-0.2, -0.15) is 13.2 Å². The van der Waals surface area contributed by atoms with Gasteiger partial charge in [0, 0.05) is 30.7 Å². The van der Waals surface area contributed by atoms with Gasteiger partial charge in [-0.15, -0.1) is 0 Å². The second kappa shape index (κ2) is 9.91.